The standard InChI is InChI=1S/C45H37FN4OS/c1-3-31-27-38(42(46)40(51)28-31)43(48-36-25-23-32(29-47)24-26-36)44-49-39(37-21-13-14-22-41(37)52-2)30-50(44)45(33-15-7-4-8-16-33,34-17-9-5-10-18-34)35-19-11-6-12-20-35/h4-28,30,43,48,51H,3H2,1-2H3. The van der Waals surface area contributed by atoms with Crippen LogP contribution in [0.2, 0.25) is 0 Å². The molecule has 0 saturated carbocycles. The number of aromatic hydroxyl groups is 1. The Morgan fingerprint density at radius 3 is 1.90 bits per heavy atom. The number of imidazole rings is 1. The number of nitrogens with one attached hydrogen (secondary N) is 1. The van der Waals surface area contributed by atoms with E-state index in [0.29, 0.717) is 23.5 Å². The molecule has 0 aliphatic carbocycles. The number of aryl methyl sites for hydroxylation is 1. The van der Waals surface area contributed by atoms with Crippen LogP contribution < -0.4 is 5.32 Å². The predicted octanol–water partition coefficient (Wildman–Crippen LogP) is 10.6. The summed E-state index contributed by atoms with van der Waals surface area (Å²) in [4.78, 5) is 6.50. The van der Waals surface area contributed by atoms with Gasteiger partial charge in [0.2, 0.25) is 0 Å². The maximum atomic E-state index is 16.5. The van der Waals surface area contributed by atoms with Crippen LogP contribution in [0.25, 0.3) is 11.3 Å². The lowest BCUT2D eigenvalue weighted by atomic mass is 9.76. The summed E-state index contributed by atoms with van der Waals surface area (Å²) in [6, 6.07) is 50.7. The summed E-state index contributed by atoms with van der Waals surface area (Å²) in [5.41, 5.74) is 5.84. The third-order valence-corrected chi connectivity index (χ3v) is 10.3. The molecule has 7 aromatic rings. The van der Waals surface area contributed by atoms with Gasteiger partial charge in [0.25, 0.3) is 0 Å². The number of aromatic nitrogens is 2. The fourth-order valence-corrected chi connectivity index (χ4v) is 7.61. The lowest BCUT2D eigenvalue weighted by Crippen LogP contribution is -2.39. The molecule has 2 N–H and O–H groups in total. The van der Waals surface area contributed by atoms with Crippen molar-refractivity contribution >= 4 is 17.4 Å². The number of halogens is 1. The van der Waals surface area contributed by atoms with E-state index in [2.05, 4.69) is 70.7 Å². The van der Waals surface area contributed by atoms with Crippen molar-refractivity contribution in [1.82, 2.24) is 9.55 Å². The first-order valence-corrected chi connectivity index (χ1v) is 18.4. The molecule has 0 aliphatic heterocycles. The average molecular weight is 701 g/mol. The monoisotopic (exact) mass is 700 g/mol. The molecule has 0 bridgehead atoms. The quantitative estimate of drug-likeness (QED) is 0.104. The molecule has 52 heavy (non-hydrogen) atoms. The Hall–Kier alpha value is -6.10. The Labute approximate surface area is 308 Å². The highest BCUT2D eigenvalue weighted by molar-refractivity contribution is 7.98. The van der Waals surface area contributed by atoms with Gasteiger partial charge in [0.15, 0.2) is 11.6 Å². The molecular weight excluding hydrogens is 664 g/mol. The van der Waals surface area contributed by atoms with Crippen LogP contribution >= 0.6 is 11.8 Å². The van der Waals surface area contributed by atoms with E-state index in [1.165, 1.54) is 6.07 Å². The van der Waals surface area contributed by atoms with Crippen molar-refractivity contribution in [2.24, 2.45) is 0 Å². The molecule has 1 heterocycles. The molecule has 0 amide bonds. The minimum atomic E-state index is -0.982. The van der Waals surface area contributed by atoms with Gasteiger partial charge in [-0.2, -0.15) is 5.26 Å². The van der Waals surface area contributed by atoms with E-state index in [9.17, 15) is 10.4 Å². The van der Waals surface area contributed by atoms with E-state index in [-0.39, 0.29) is 5.56 Å². The normalized spacial score (nSPS) is 11.9. The molecule has 0 fully saturated rings. The fourth-order valence-electron chi connectivity index (χ4n) is 7.00. The van der Waals surface area contributed by atoms with E-state index in [0.717, 1.165) is 38.4 Å². The molecule has 1 atom stereocenters. The molecule has 1 aromatic heterocycles. The molecule has 6 aromatic carbocycles. The van der Waals surface area contributed by atoms with E-state index in [4.69, 9.17) is 4.98 Å². The Kier molecular flexibility index (Phi) is 9.92. The molecule has 256 valence electrons. The Morgan fingerprint density at radius 1 is 0.808 bits per heavy atom. The second-order valence-corrected chi connectivity index (χ2v) is 13.3. The molecule has 0 spiro atoms. The maximum absolute atomic E-state index is 16.5. The van der Waals surface area contributed by atoms with Gasteiger partial charge in [-0.1, -0.05) is 122 Å². The number of hydrogen-bond acceptors (Lipinski definition) is 5. The lowest BCUT2D eigenvalue weighted by Gasteiger charge is -2.39. The van der Waals surface area contributed by atoms with Crippen LogP contribution in [0.4, 0.5) is 10.1 Å². The third kappa shape index (κ3) is 6.34. The minimum absolute atomic E-state index is 0.251. The van der Waals surface area contributed by atoms with Crippen molar-refractivity contribution in [3.8, 4) is 23.1 Å². The first-order chi connectivity index (χ1) is 25.5. The van der Waals surface area contributed by atoms with Crippen LogP contribution in [0.3, 0.4) is 0 Å². The Bertz CT molecular complexity index is 2240. The zero-order valence-electron chi connectivity index (χ0n) is 28.9. The second kappa shape index (κ2) is 15.0. The van der Waals surface area contributed by atoms with Gasteiger partial charge < -0.3 is 15.0 Å². The summed E-state index contributed by atoms with van der Waals surface area (Å²) >= 11 is 1.64. The zero-order chi connectivity index (χ0) is 36.1. The minimum Gasteiger partial charge on any atom is -0.505 e. The molecule has 7 rings (SSSR count). The van der Waals surface area contributed by atoms with Crippen LogP contribution in [-0.2, 0) is 12.0 Å². The van der Waals surface area contributed by atoms with E-state index in [1.54, 1.807) is 30.0 Å². The molecular formula is C45H37FN4OS. The molecule has 5 nitrogen and oxygen atoms in total. The molecule has 0 saturated heterocycles. The van der Waals surface area contributed by atoms with Crippen LogP contribution in [0.1, 0.15) is 52.2 Å². The van der Waals surface area contributed by atoms with Crippen LogP contribution in [0, 0.1) is 17.1 Å². The Morgan fingerprint density at radius 2 is 1.37 bits per heavy atom. The number of nitriles is 1. The summed E-state index contributed by atoms with van der Waals surface area (Å²) in [6.07, 6.45) is 4.71. The highest BCUT2D eigenvalue weighted by Crippen LogP contribution is 2.46. The van der Waals surface area contributed by atoms with Crippen molar-refractivity contribution in [1.29, 1.82) is 5.26 Å². The largest absolute Gasteiger partial charge is 0.505 e. The SMILES string of the molecule is CCc1cc(O)c(F)c(C(Nc2ccc(C#N)cc2)c2nc(-c3ccccc3SC)cn2C(c2ccccc2)(c2ccccc2)c2ccccc2)c1. The van der Waals surface area contributed by atoms with Gasteiger partial charge >= 0.3 is 0 Å². The second-order valence-electron chi connectivity index (χ2n) is 12.5. The van der Waals surface area contributed by atoms with Gasteiger partial charge in [0, 0.05) is 27.9 Å². The smallest absolute Gasteiger partial charge is 0.170 e. The number of phenolic OH excluding ortho intramolecular Hbond substituents is 1. The summed E-state index contributed by atoms with van der Waals surface area (Å²) in [5.74, 6) is -0.625. The first kappa shape index (κ1) is 34.4. The van der Waals surface area contributed by atoms with E-state index < -0.39 is 23.1 Å². The van der Waals surface area contributed by atoms with Crippen LogP contribution in [0.15, 0.2) is 163 Å². The Balaban J connectivity index is 1.63. The van der Waals surface area contributed by atoms with Gasteiger partial charge in [-0.05, 0) is 71.3 Å². The summed E-state index contributed by atoms with van der Waals surface area (Å²) < 4.78 is 18.7. The predicted molar refractivity (Wildman–Crippen MR) is 208 cm³/mol. The van der Waals surface area contributed by atoms with Crippen molar-refractivity contribution in [2.45, 2.75) is 29.8 Å². The van der Waals surface area contributed by atoms with Gasteiger partial charge in [-0.25, -0.2) is 9.37 Å². The van der Waals surface area contributed by atoms with Gasteiger partial charge in [0.05, 0.1) is 17.3 Å². The van der Waals surface area contributed by atoms with Crippen molar-refractivity contribution in [3.05, 3.63) is 203 Å². The molecule has 0 aliphatic rings. The maximum Gasteiger partial charge on any atom is 0.170 e. The molecule has 0 radical (unpaired) electrons. The summed E-state index contributed by atoms with van der Waals surface area (Å²) in [5, 5.41) is 24.1. The number of anilines is 1. The highest BCUT2D eigenvalue weighted by atomic mass is 32.2. The molecule has 1 unspecified atom stereocenters. The number of thioether (sulfide) groups is 1. The van der Waals surface area contributed by atoms with Crippen LogP contribution in [0.5, 0.6) is 5.75 Å². The van der Waals surface area contributed by atoms with Crippen molar-refractivity contribution in [2.75, 3.05) is 11.6 Å². The zero-order valence-corrected chi connectivity index (χ0v) is 29.7. The van der Waals surface area contributed by atoms with Crippen LogP contribution in [-0.4, -0.2) is 20.9 Å². The van der Waals surface area contributed by atoms with Crippen molar-refractivity contribution < 1.29 is 9.50 Å². The lowest BCUT2D eigenvalue weighted by molar-refractivity contribution is 0.424. The van der Waals surface area contributed by atoms with E-state index in [1.807, 2.05) is 92.0 Å². The number of rotatable bonds is 11. The average Bonchev–Trinajstić information content (AvgIpc) is 3.65. The van der Waals surface area contributed by atoms with Gasteiger partial charge in [-0.3, -0.25) is 0 Å². The number of hydrogen-bond donors (Lipinski definition) is 2. The topological polar surface area (TPSA) is 73.9 Å². The van der Waals surface area contributed by atoms with Gasteiger partial charge in [-0.15, -0.1) is 11.8 Å². The molecule has 7 heteroatoms. The number of benzene rings is 6. The number of nitrogens with zero attached hydrogens (tertiary/aromatic N) is 3. The summed E-state index contributed by atoms with van der Waals surface area (Å²) in [7, 11) is 0. The fraction of sp³-hybridized carbons (Fsp3) is 0.111. The third-order valence-electron chi connectivity index (χ3n) is 9.50. The summed E-state index contributed by atoms with van der Waals surface area (Å²) in [6.45, 7) is 1.98. The van der Waals surface area contributed by atoms with Crippen molar-refractivity contribution in [3.63, 3.8) is 0 Å². The first-order valence-electron chi connectivity index (χ1n) is 17.2. The highest BCUT2D eigenvalue weighted by Gasteiger charge is 2.42. The van der Waals surface area contributed by atoms with E-state index >= 15 is 4.39 Å². The number of phenols is 1. The van der Waals surface area contributed by atoms with Gasteiger partial charge in [0.1, 0.15) is 17.4 Å².